The lowest BCUT2D eigenvalue weighted by Crippen LogP contribution is -2.35. The van der Waals surface area contributed by atoms with Gasteiger partial charge in [-0.2, -0.15) is 0 Å². The van der Waals surface area contributed by atoms with E-state index in [-0.39, 0.29) is 24.5 Å². The second-order valence-corrected chi connectivity index (χ2v) is 5.03. The van der Waals surface area contributed by atoms with Crippen LogP contribution in [0.3, 0.4) is 0 Å². The zero-order chi connectivity index (χ0) is 13.1. The van der Waals surface area contributed by atoms with E-state index in [0.29, 0.717) is 17.4 Å². The predicted octanol–water partition coefficient (Wildman–Crippen LogP) is 0.698. The van der Waals surface area contributed by atoms with Crippen molar-refractivity contribution in [1.82, 2.24) is 9.88 Å². The Hall–Kier alpha value is -1.47. The second-order valence-electron chi connectivity index (χ2n) is 4.17. The van der Waals surface area contributed by atoms with Crippen LogP contribution in [0.5, 0.6) is 0 Å². The predicted molar refractivity (Wildman–Crippen MR) is 67.6 cm³/mol. The van der Waals surface area contributed by atoms with Crippen molar-refractivity contribution in [2.24, 2.45) is 0 Å². The Morgan fingerprint density at radius 2 is 2.33 bits per heavy atom. The fraction of sp³-hybridized carbons (Fsp3) is 0.545. The van der Waals surface area contributed by atoms with Crippen molar-refractivity contribution < 1.29 is 14.7 Å². The number of nitrogens with zero attached hydrogens (tertiary/aromatic N) is 2. The topological polar surface area (TPSA) is 82.5 Å². The molecule has 18 heavy (non-hydrogen) atoms. The minimum absolute atomic E-state index is 0.0507. The van der Waals surface area contributed by atoms with Gasteiger partial charge in [0.05, 0.1) is 6.61 Å². The number of thiazole rings is 1. The summed E-state index contributed by atoms with van der Waals surface area (Å²) in [5.74, 6) is -0.392. The first-order valence-electron chi connectivity index (χ1n) is 5.76. The van der Waals surface area contributed by atoms with Crippen LogP contribution >= 0.6 is 11.3 Å². The smallest absolute Gasteiger partial charge is 0.273 e. The van der Waals surface area contributed by atoms with Gasteiger partial charge >= 0.3 is 0 Å². The summed E-state index contributed by atoms with van der Waals surface area (Å²) in [5.41, 5.74) is 0.323. The van der Waals surface area contributed by atoms with Gasteiger partial charge in [0.1, 0.15) is 5.69 Å². The molecular formula is C11H15N3O3S. The SMILES string of the molecule is CC(=O)Nc1nc(C(=O)N(CCO)C2CC2)cs1. The molecule has 6 nitrogen and oxygen atoms in total. The number of aliphatic hydroxyl groups is 1. The summed E-state index contributed by atoms with van der Waals surface area (Å²) in [4.78, 5) is 28.8. The summed E-state index contributed by atoms with van der Waals surface area (Å²) in [7, 11) is 0. The first-order chi connectivity index (χ1) is 8.61. The number of anilines is 1. The highest BCUT2D eigenvalue weighted by Gasteiger charge is 2.33. The molecule has 1 aliphatic carbocycles. The van der Waals surface area contributed by atoms with Crippen LogP contribution in [0, 0.1) is 0 Å². The first kappa shape index (κ1) is 13.0. The Bertz CT molecular complexity index is 456. The number of amides is 2. The van der Waals surface area contributed by atoms with Crippen molar-refractivity contribution in [3.05, 3.63) is 11.1 Å². The van der Waals surface area contributed by atoms with Crippen LogP contribution in [0.4, 0.5) is 5.13 Å². The third kappa shape index (κ3) is 3.05. The molecule has 2 N–H and O–H groups in total. The molecule has 0 atom stereocenters. The van der Waals surface area contributed by atoms with E-state index < -0.39 is 0 Å². The van der Waals surface area contributed by atoms with E-state index in [1.807, 2.05) is 0 Å². The van der Waals surface area contributed by atoms with Gasteiger partial charge < -0.3 is 15.3 Å². The Labute approximate surface area is 109 Å². The molecule has 1 aliphatic rings. The third-order valence-electron chi connectivity index (χ3n) is 2.60. The minimum atomic E-state index is -0.210. The molecule has 2 amide bonds. The number of hydrogen-bond acceptors (Lipinski definition) is 5. The van der Waals surface area contributed by atoms with Crippen molar-refractivity contribution in [2.45, 2.75) is 25.8 Å². The van der Waals surface area contributed by atoms with Gasteiger partial charge in [0, 0.05) is 24.9 Å². The van der Waals surface area contributed by atoms with Gasteiger partial charge in [-0.15, -0.1) is 11.3 Å². The Morgan fingerprint density at radius 1 is 1.61 bits per heavy atom. The molecule has 0 aromatic carbocycles. The summed E-state index contributed by atoms with van der Waals surface area (Å²) < 4.78 is 0. The zero-order valence-corrected chi connectivity index (χ0v) is 10.9. The van der Waals surface area contributed by atoms with Gasteiger partial charge in [-0.1, -0.05) is 0 Å². The molecule has 0 spiro atoms. The molecule has 0 saturated heterocycles. The Balaban J connectivity index is 2.06. The Kier molecular flexibility index (Phi) is 3.93. The maximum Gasteiger partial charge on any atom is 0.273 e. The van der Waals surface area contributed by atoms with E-state index in [1.54, 1.807) is 10.3 Å². The fourth-order valence-corrected chi connectivity index (χ4v) is 2.40. The summed E-state index contributed by atoms with van der Waals surface area (Å²) >= 11 is 1.22. The van der Waals surface area contributed by atoms with E-state index >= 15 is 0 Å². The molecule has 2 rings (SSSR count). The van der Waals surface area contributed by atoms with Crippen LogP contribution in [0.25, 0.3) is 0 Å². The third-order valence-corrected chi connectivity index (χ3v) is 3.35. The van der Waals surface area contributed by atoms with E-state index in [1.165, 1.54) is 18.3 Å². The van der Waals surface area contributed by atoms with Crippen molar-refractivity contribution in [2.75, 3.05) is 18.5 Å². The first-order valence-corrected chi connectivity index (χ1v) is 6.64. The fourth-order valence-electron chi connectivity index (χ4n) is 1.67. The van der Waals surface area contributed by atoms with E-state index in [0.717, 1.165) is 12.8 Å². The molecular weight excluding hydrogens is 254 g/mol. The maximum absolute atomic E-state index is 12.2. The lowest BCUT2D eigenvalue weighted by molar-refractivity contribution is -0.114. The molecule has 1 heterocycles. The van der Waals surface area contributed by atoms with Crippen LogP contribution < -0.4 is 5.32 Å². The van der Waals surface area contributed by atoms with Gasteiger partial charge in [0.25, 0.3) is 5.91 Å². The highest BCUT2D eigenvalue weighted by molar-refractivity contribution is 7.14. The van der Waals surface area contributed by atoms with Gasteiger partial charge in [-0.3, -0.25) is 9.59 Å². The van der Waals surface area contributed by atoms with Gasteiger partial charge in [-0.05, 0) is 12.8 Å². The number of aliphatic hydroxyl groups excluding tert-OH is 1. The largest absolute Gasteiger partial charge is 0.395 e. The number of hydrogen-bond donors (Lipinski definition) is 2. The summed E-state index contributed by atoms with van der Waals surface area (Å²) in [6.07, 6.45) is 1.96. The molecule has 7 heteroatoms. The lowest BCUT2D eigenvalue weighted by atomic mass is 10.3. The van der Waals surface area contributed by atoms with Gasteiger partial charge in [0.2, 0.25) is 5.91 Å². The molecule has 0 bridgehead atoms. The highest BCUT2D eigenvalue weighted by atomic mass is 32.1. The Morgan fingerprint density at radius 3 is 2.89 bits per heavy atom. The van der Waals surface area contributed by atoms with E-state index in [2.05, 4.69) is 10.3 Å². The molecule has 0 aliphatic heterocycles. The summed E-state index contributed by atoms with van der Waals surface area (Å²) in [6, 6.07) is 0.232. The second kappa shape index (κ2) is 5.45. The van der Waals surface area contributed by atoms with E-state index in [4.69, 9.17) is 5.11 Å². The van der Waals surface area contributed by atoms with Crippen molar-refractivity contribution in [3.8, 4) is 0 Å². The molecule has 1 saturated carbocycles. The summed E-state index contributed by atoms with van der Waals surface area (Å²) in [6.45, 7) is 1.67. The monoisotopic (exact) mass is 269 g/mol. The van der Waals surface area contributed by atoms with Crippen LogP contribution in [0.2, 0.25) is 0 Å². The van der Waals surface area contributed by atoms with Crippen molar-refractivity contribution in [3.63, 3.8) is 0 Å². The van der Waals surface area contributed by atoms with Crippen LogP contribution in [0.15, 0.2) is 5.38 Å². The molecule has 1 aromatic heterocycles. The van der Waals surface area contributed by atoms with Gasteiger partial charge in [0.15, 0.2) is 5.13 Å². The van der Waals surface area contributed by atoms with Crippen LogP contribution in [-0.2, 0) is 4.79 Å². The summed E-state index contributed by atoms with van der Waals surface area (Å²) in [5, 5.41) is 13.6. The normalized spacial score (nSPS) is 14.3. The lowest BCUT2D eigenvalue weighted by Gasteiger charge is -2.19. The average molecular weight is 269 g/mol. The molecule has 1 fully saturated rings. The minimum Gasteiger partial charge on any atom is -0.395 e. The standard InChI is InChI=1S/C11H15N3O3S/c1-7(16)12-11-13-9(6-18-11)10(17)14(4-5-15)8-2-3-8/h6,8,15H,2-5H2,1H3,(H,12,13,16). The van der Waals surface area contributed by atoms with Gasteiger partial charge in [-0.25, -0.2) is 4.98 Å². The van der Waals surface area contributed by atoms with Crippen molar-refractivity contribution in [1.29, 1.82) is 0 Å². The number of aromatic nitrogens is 1. The van der Waals surface area contributed by atoms with Crippen LogP contribution in [-0.4, -0.2) is 46.0 Å². The maximum atomic E-state index is 12.2. The zero-order valence-electron chi connectivity index (χ0n) is 10.0. The number of carbonyl (C=O) groups is 2. The van der Waals surface area contributed by atoms with Crippen molar-refractivity contribution >= 4 is 28.3 Å². The molecule has 0 radical (unpaired) electrons. The number of rotatable bonds is 5. The average Bonchev–Trinajstić information content (AvgIpc) is 3.05. The quantitative estimate of drug-likeness (QED) is 0.824. The highest BCUT2D eigenvalue weighted by Crippen LogP contribution is 2.28. The number of carbonyl (C=O) groups excluding carboxylic acids is 2. The van der Waals surface area contributed by atoms with E-state index in [9.17, 15) is 9.59 Å². The molecule has 1 aromatic rings. The molecule has 98 valence electrons. The van der Waals surface area contributed by atoms with Crippen LogP contribution in [0.1, 0.15) is 30.3 Å². The number of nitrogens with one attached hydrogen (secondary N) is 1. The molecule has 0 unspecified atom stereocenters.